The summed E-state index contributed by atoms with van der Waals surface area (Å²) < 4.78 is 42.4. The van der Waals surface area contributed by atoms with E-state index < -0.39 is 23.3 Å². The number of carbonyl (C=O) groups excluding carboxylic acids is 1. The molecule has 7 nitrogen and oxygen atoms in total. The largest absolute Gasteiger partial charge is 0.433 e. The van der Waals surface area contributed by atoms with Crippen molar-refractivity contribution in [2.24, 2.45) is 0 Å². The number of hydrogen-bond donors (Lipinski definition) is 2. The van der Waals surface area contributed by atoms with Crippen LogP contribution in [0.1, 0.15) is 78.2 Å². The van der Waals surface area contributed by atoms with Crippen molar-refractivity contribution >= 4 is 22.9 Å². The van der Waals surface area contributed by atoms with Gasteiger partial charge < -0.3 is 10.2 Å². The summed E-state index contributed by atoms with van der Waals surface area (Å²) in [6.45, 7) is 3.23. The van der Waals surface area contributed by atoms with Crippen LogP contribution in [0.4, 0.5) is 24.5 Å². The number of benzene rings is 1. The molecule has 2 aromatic heterocycles. The first-order valence-electron chi connectivity index (χ1n) is 12.1. The van der Waals surface area contributed by atoms with Crippen LogP contribution >= 0.6 is 0 Å². The number of aromatic amines is 1. The lowest BCUT2D eigenvalue weighted by Crippen LogP contribution is -2.32. The summed E-state index contributed by atoms with van der Waals surface area (Å²) >= 11 is 0. The van der Waals surface area contributed by atoms with Gasteiger partial charge in [-0.05, 0) is 57.1 Å². The molecule has 35 heavy (non-hydrogen) atoms. The molecule has 1 saturated carbocycles. The van der Waals surface area contributed by atoms with Gasteiger partial charge >= 0.3 is 6.18 Å². The summed E-state index contributed by atoms with van der Waals surface area (Å²) in [5.41, 5.74) is -0.572. The van der Waals surface area contributed by atoms with E-state index in [1.165, 1.54) is 6.92 Å². The van der Waals surface area contributed by atoms with Crippen molar-refractivity contribution in [3.8, 4) is 0 Å². The van der Waals surface area contributed by atoms with Gasteiger partial charge in [-0.15, -0.1) is 0 Å². The van der Waals surface area contributed by atoms with Gasteiger partial charge in [0, 0.05) is 18.7 Å². The smallest absolute Gasteiger partial charge is 0.370 e. The Kier molecular flexibility index (Phi) is 6.06. The van der Waals surface area contributed by atoms with Crippen LogP contribution in [-0.4, -0.2) is 33.6 Å². The molecule has 1 aliphatic heterocycles. The van der Waals surface area contributed by atoms with Crippen LogP contribution < -0.4 is 15.8 Å². The second kappa shape index (κ2) is 9.05. The molecule has 5 rings (SSSR count). The number of aryl methyl sites for hydroxylation is 1. The first-order chi connectivity index (χ1) is 16.8. The van der Waals surface area contributed by atoms with Crippen LogP contribution in [0.2, 0.25) is 0 Å². The van der Waals surface area contributed by atoms with E-state index in [-0.39, 0.29) is 28.4 Å². The molecule has 1 saturated heterocycles. The van der Waals surface area contributed by atoms with Crippen LogP contribution in [0.3, 0.4) is 0 Å². The molecule has 3 heterocycles. The van der Waals surface area contributed by atoms with Crippen molar-refractivity contribution in [1.82, 2.24) is 14.6 Å². The summed E-state index contributed by atoms with van der Waals surface area (Å²) in [7, 11) is 0. The quantitative estimate of drug-likeness (QED) is 0.527. The van der Waals surface area contributed by atoms with E-state index >= 15 is 0 Å². The third-order valence-electron chi connectivity index (χ3n) is 7.12. The second-order valence-corrected chi connectivity index (χ2v) is 9.43. The molecule has 3 aromatic rings. The zero-order chi connectivity index (χ0) is 24.7. The molecule has 1 aliphatic carbocycles. The molecule has 0 radical (unpaired) electrons. The average molecular weight is 488 g/mol. The minimum atomic E-state index is -4.66. The molecule has 1 aromatic carbocycles. The number of piperidine rings is 1. The van der Waals surface area contributed by atoms with Gasteiger partial charge in [0.05, 0.1) is 17.1 Å². The number of aromatic nitrogens is 3. The maximum Gasteiger partial charge on any atom is 0.433 e. The summed E-state index contributed by atoms with van der Waals surface area (Å²) in [5, 5.41) is 5.03. The van der Waals surface area contributed by atoms with E-state index in [9.17, 15) is 22.8 Å². The number of rotatable bonds is 4. The monoisotopic (exact) mass is 487 g/mol. The Morgan fingerprint density at radius 3 is 2.46 bits per heavy atom. The van der Waals surface area contributed by atoms with Crippen molar-refractivity contribution in [2.45, 2.75) is 64.0 Å². The van der Waals surface area contributed by atoms with Crippen molar-refractivity contribution in [1.29, 1.82) is 0 Å². The highest BCUT2D eigenvalue weighted by atomic mass is 19.4. The highest BCUT2D eigenvalue weighted by molar-refractivity contribution is 6.06. The molecule has 1 amide bonds. The van der Waals surface area contributed by atoms with E-state index in [2.05, 4.69) is 20.3 Å². The molecule has 186 valence electrons. The van der Waals surface area contributed by atoms with Gasteiger partial charge in [-0.3, -0.25) is 14.7 Å². The molecule has 2 N–H and O–H groups in total. The van der Waals surface area contributed by atoms with Gasteiger partial charge in [0.2, 0.25) is 0 Å². The van der Waals surface area contributed by atoms with E-state index in [0.29, 0.717) is 18.5 Å². The maximum absolute atomic E-state index is 13.9. The number of fused-ring (bicyclic) bond motifs is 1. The fraction of sp³-hybridized carbons (Fsp3) is 0.480. The van der Waals surface area contributed by atoms with Crippen molar-refractivity contribution < 1.29 is 18.0 Å². The second-order valence-electron chi connectivity index (χ2n) is 9.43. The van der Waals surface area contributed by atoms with Crippen molar-refractivity contribution in [3.63, 3.8) is 0 Å². The summed E-state index contributed by atoms with van der Waals surface area (Å²) in [6.07, 6.45) is 1.50. The molecular weight excluding hydrogens is 459 g/mol. The van der Waals surface area contributed by atoms with Gasteiger partial charge in [0.1, 0.15) is 11.3 Å². The lowest BCUT2D eigenvalue weighted by molar-refractivity contribution is -0.142. The van der Waals surface area contributed by atoms with Crippen LogP contribution in [0.25, 0.3) is 5.65 Å². The predicted molar refractivity (Wildman–Crippen MR) is 127 cm³/mol. The first kappa shape index (κ1) is 23.4. The molecule has 0 atom stereocenters. The minimum absolute atomic E-state index is 0.0256. The van der Waals surface area contributed by atoms with E-state index in [1.54, 1.807) is 12.1 Å². The van der Waals surface area contributed by atoms with Gasteiger partial charge in [-0.1, -0.05) is 25.0 Å². The lowest BCUT2D eigenvalue weighted by Gasteiger charge is -2.30. The number of H-pyrrole nitrogens is 1. The first-order valence-corrected chi connectivity index (χ1v) is 12.1. The van der Waals surface area contributed by atoms with Gasteiger partial charge in [-0.2, -0.15) is 13.2 Å². The third kappa shape index (κ3) is 4.30. The van der Waals surface area contributed by atoms with Gasteiger partial charge in [0.15, 0.2) is 5.65 Å². The molecule has 2 fully saturated rings. The lowest BCUT2D eigenvalue weighted by atomic mass is 9.97. The molecule has 0 unspecified atom stereocenters. The van der Waals surface area contributed by atoms with E-state index in [4.69, 9.17) is 0 Å². The molecule has 0 spiro atoms. The molecule has 2 aliphatic rings. The maximum atomic E-state index is 13.9. The van der Waals surface area contributed by atoms with Crippen LogP contribution in [0.15, 0.2) is 29.1 Å². The minimum Gasteiger partial charge on any atom is -0.370 e. The highest BCUT2D eigenvalue weighted by Crippen LogP contribution is 2.42. The third-order valence-corrected chi connectivity index (χ3v) is 7.12. The molecular formula is C25H28F3N5O2. The number of amides is 1. The predicted octanol–water partition coefficient (Wildman–Crippen LogP) is 5.25. The van der Waals surface area contributed by atoms with Crippen molar-refractivity contribution in [2.75, 3.05) is 23.3 Å². The topological polar surface area (TPSA) is 82.5 Å². The van der Waals surface area contributed by atoms with Crippen LogP contribution in [0.5, 0.6) is 0 Å². The number of nitrogens with one attached hydrogen (secondary N) is 2. The number of para-hydroxylation sites is 2. The number of hydrogen-bond acceptors (Lipinski definition) is 4. The zero-order valence-electron chi connectivity index (χ0n) is 19.5. The number of nitrogens with zero attached hydrogens (tertiary/aromatic N) is 3. The summed E-state index contributed by atoms with van der Waals surface area (Å²) in [4.78, 5) is 33.1. The Bertz CT molecular complexity index is 1320. The van der Waals surface area contributed by atoms with Crippen LogP contribution in [0, 0.1) is 6.92 Å². The normalized spacial score (nSPS) is 17.3. The number of carbonyl (C=O) groups is 1. The SMILES string of the molecule is Cc1nc2c(C3CCCC3)c(C(F)(F)F)[nH]n2c(=O)c1C(=O)Nc1ccccc1N1CCCCC1. The van der Waals surface area contributed by atoms with Gasteiger partial charge in [0.25, 0.3) is 11.5 Å². The zero-order valence-corrected chi connectivity index (χ0v) is 19.5. The Morgan fingerprint density at radius 2 is 1.77 bits per heavy atom. The van der Waals surface area contributed by atoms with E-state index in [1.807, 2.05) is 12.1 Å². The molecule has 0 bridgehead atoms. The van der Waals surface area contributed by atoms with E-state index in [0.717, 1.165) is 55.4 Å². The highest BCUT2D eigenvalue weighted by Gasteiger charge is 2.41. The number of halogens is 3. The number of anilines is 2. The Balaban J connectivity index is 1.56. The standard InChI is InChI=1S/C25H28F3N5O2/c1-15-19(23(34)30-17-11-5-6-12-18(17)32-13-7-2-8-14-32)24(35)33-22(29-15)20(16-9-3-4-10-16)21(31-33)25(26,27)28/h5-6,11-12,16,31H,2-4,7-10,13-14H2,1H3,(H,30,34). The molecule has 10 heteroatoms. The number of alkyl halides is 3. The summed E-state index contributed by atoms with van der Waals surface area (Å²) in [5.74, 6) is -1.01. The fourth-order valence-corrected chi connectivity index (χ4v) is 5.45. The van der Waals surface area contributed by atoms with Crippen molar-refractivity contribution in [3.05, 3.63) is 57.1 Å². The van der Waals surface area contributed by atoms with Crippen LogP contribution in [-0.2, 0) is 6.18 Å². The Morgan fingerprint density at radius 1 is 1.09 bits per heavy atom. The average Bonchev–Trinajstić information content (AvgIpc) is 3.48. The Hall–Kier alpha value is -3.30. The fourth-order valence-electron chi connectivity index (χ4n) is 5.45. The summed E-state index contributed by atoms with van der Waals surface area (Å²) in [6, 6.07) is 7.35. The Labute approximate surface area is 200 Å². The van der Waals surface area contributed by atoms with Gasteiger partial charge in [-0.25, -0.2) is 9.50 Å².